The van der Waals surface area contributed by atoms with E-state index in [-0.39, 0.29) is 11.7 Å². The molecule has 1 amide bonds. The molecule has 21 heavy (non-hydrogen) atoms. The molecular weight excluding hydrogens is 271 g/mol. The second-order valence-corrected chi connectivity index (χ2v) is 5.37. The summed E-state index contributed by atoms with van der Waals surface area (Å²) in [7, 11) is 0. The number of carbonyl (C=O) groups excluding carboxylic acids is 1. The predicted molar refractivity (Wildman–Crippen MR) is 79.2 cm³/mol. The molecule has 0 unspecified atom stereocenters. The van der Waals surface area contributed by atoms with Crippen LogP contribution < -0.4 is 5.32 Å². The molecule has 6 heteroatoms. The van der Waals surface area contributed by atoms with Gasteiger partial charge in [0.05, 0.1) is 12.7 Å². The monoisotopic (exact) mass is 294 g/mol. The fourth-order valence-electron chi connectivity index (χ4n) is 2.40. The molecule has 1 aromatic heterocycles. The molecule has 1 aliphatic rings. The summed E-state index contributed by atoms with van der Waals surface area (Å²) in [5.41, 5.74) is 0.680. The summed E-state index contributed by atoms with van der Waals surface area (Å²) in [4.78, 5) is 19.8. The smallest absolute Gasteiger partial charge is 0.234 e. The molecule has 1 fully saturated rings. The van der Waals surface area contributed by atoms with Gasteiger partial charge in [-0.15, -0.1) is 0 Å². The van der Waals surface area contributed by atoms with E-state index in [1.54, 1.807) is 12.3 Å². The second-order valence-electron chi connectivity index (χ2n) is 5.37. The molecule has 0 saturated carbocycles. The van der Waals surface area contributed by atoms with Crippen molar-refractivity contribution >= 4 is 5.91 Å². The lowest BCUT2D eigenvalue weighted by Crippen LogP contribution is -2.49. The first kappa shape index (κ1) is 15.9. The molecule has 116 valence electrons. The average molecular weight is 294 g/mol. The minimum atomic E-state index is -0.251. The van der Waals surface area contributed by atoms with Crippen molar-refractivity contribution in [2.24, 2.45) is 0 Å². The Labute approximate surface area is 125 Å². The topological polar surface area (TPSA) is 48.5 Å². The first-order valence-electron chi connectivity index (χ1n) is 7.49. The van der Waals surface area contributed by atoms with Gasteiger partial charge in [0.15, 0.2) is 0 Å². The van der Waals surface area contributed by atoms with Crippen LogP contribution in [0.4, 0.5) is 4.39 Å². The van der Waals surface area contributed by atoms with E-state index in [0.29, 0.717) is 18.7 Å². The zero-order valence-electron chi connectivity index (χ0n) is 12.5. The van der Waals surface area contributed by atoms with Gasteiger partial charge in [0.1, 0.15) is 5.82 Å². The number of hydrogen-bond acceptors (Lipinski definition) is 4. The summed E-state index contributed by atoms with van der Waals surface area (Å²) in [5, 5.41) is 2.89. The summed E-state index contributed by atoms with van der Waals surface area (Å²) < 4.78 is 13.6. The van der Waals surface area contributed by atoms with E-state index in [4.69, 9.17) is 0 Å². The highest BCUT2D eigenvalue weighted by atomic mass is 19.1. The van der Waals surface area contributed by atoms with E-state index in [2.05, 4.69) is 20.1 Å². The fraction of sp³-hybridized carbons (Fsp3) is 0.600. The van der Waals surface area contributed by atoms with Crippen molar-refractivity contribution in [2.75, 3.05) is 39.3 Å². The third-order valence-corrected chi connectivity index (χ3v) is 3.65. The van der Waals surface area contributed by atoms with E-state index in [1.807, 2.05) is 6.92 Å². The summed E-state index contributed by atoms with van der Waals surface area (Å²) >= 11 is 0. The summed E-state index contributed by atoms with van der Waals surface area (Å²) in [6.07, 6.45) is 3.83. The van der Waals surface area contributed by atoms with Gasteiger partial charge in [0.25, 0.3) is 0 Å². The van der Waals surface area contributed by atoms with E-state index in [9.17, 15) is 9.18 Å². The number of aromatic nitrogens is 1. The first-order valence-corrected chi connectivity index (χ1v) is 7.49. The van der Waals surface area contributed by atoms with Crippen molar-refractivity contribution in [3.05, 3.63) is 29.8 Å². The van der Waals surface area contributed by atoms with Crippen LogP contribution in [0, 0.1) is 5.82 Å². The van der Waals surface area contributed by atoms with Gasteiger partial charge in [-0.3, -0.25) is 19.6 Å². The molecule has 0 bridgehead atoms. The second kappa shape index (κ2) is 8.05. The summed E-state index contributed by atoms with van der Waals surface area (Å²) in [6, 6.07) is 1.72. The number of nitrogens with zero attached hydrogens (tertiary/aromatic N) is 3. The predicted octanol–water partition coefficient (Wildman–Crippen LogP) is 0.865. The highest BCUT2D eigenvalue weighted by Gasteiger charge is 2.19. The maximum atomic E-state index is 13.6. The van der Waals surface area contributed by atoms with Gasteiger partial charge in [-0.05, 0) is 12.5 Å². The zero-order valence-corrected chi connectivity index (χ0v) is 12.5. The van der Waals surface area contributed by atoms with Crippen molar-refractivity contribution in [3.63, 3.8) is 0 Å². The van der Waals surface area contributed by atoms with Crippen molar-refractivity contribution < 1.29 is 9.18 Å². The molecule has 0 aliphatic carbocycles. The Morgan fingerprint density at radius 2 is 2.05 bits per heavy atom. The van der Waals surface area contributed by atoms with Crippen LogP contribution >= 0.6 is 0 Å². The number of amides is 1. The molecule has 0 spiro atoms. The van der Waals surface area contributed by atoms with Crippen LogP contribution in [0.3, 0.4) is 0 Å². The molecule has 1 aliphatic heterocycles. The number of halogens is 1. The lowest BCUT2D eigenvalue weighted by molar-refractivity contribution is -0.122. The van der Waals surface area contributed by atoms with Crippen molar-refractivity contribution in [1.29, 1.82) is 0 Å². The fourth-order valence-corrected chi connectivity index (χ4v) is 2.40. The first-order chi connectivity index (χ1) is 10.2. The Morgan fingerprint density at radius 1 is 1.33 bits per heavy atom. The Hall–Kier alpha value is -1.53. The Kier molecular flexibility index (Phi) is 6.07. The molecule has 5 nitrogen and oxygen atoms in total. The van der Waals surface area contributed by atoms with Crippen LogP contribution in [0.5, 0.6) is 0 Å². The maximum Gasteiger partial charge on any atom is 0.234 e. The van der Waals surface area contributed by atoms with Crippen LogP contribution in [-0.4, -0.2) is 60.0 Å². The Bertz CT molecular complexity index is 461. The zero-order chi connectivity index (χ0) is 15.1. The number of hydrogen-bond donors (Lipinski definition) is 1. The Morgan fingerprint density at radius 3 is 2.71 bits per heavy atom. The summed E-state index contributed by atoms with van der Waals surface area (Å²) in [5.74, 6) is -0.163. The van der Waals surface area contributed by atoms with Crippen LogP contribution in [0.25, 0.3) is 0 Å². The minimum absolute atomic E-state index is 0.0884. The van der Waals surface area contributed by atoms with Gasteiger partial charge in [0, 0.05) is 51.0 Å². The molecule has 1 N–H and O–H groups in total. The van der Waals surface area contributed by atoms with Gasteiger partial charge in [-0.2, -0.15) is 0 Å². The quantitative estimate of drug-likeness (QED) is 0.845. The van der Waals surface area contributed by atoms with Crippen molar-refractivity contribution in [2.45, 2.75) is 19.9 Å². The number of piperazine rings is 1. The van der Waals surface area contributed by atoms with E-state index >= 15 is 0 Å². The molecular formula is C15H23FN4O. The maximum absolute atomic E-state index is 13.6. The number of nitrogens with one attached hydrogen (secondary N) is 1. The third kappa shape index (κ3) is 5.06. The largest absolute Gasteiger partial charge is 0.355 e. The normalized spacial score (nSPS) is 16.9. The molecule has 2 heterocycles. The molecule has 1 aromatic rings. The van der Waals surface area contributed by atoms with Crippen molar-refractivity contribution in [3.8, 4) is 0 Å². The number of pyridine rings is 1. The average Bonchev–Trinajstić information content (AvgIpc) is 2.49. The van der Waals surface area contributed by atoms with Gasteiger partial charge >= 0.3 is 0 Å². The molecule has 0 aromatic carbocycles. The van der Waals surface area contributed by atoms with E-state index in [1.165, 1.54) is 6.20 Å². The Balaban J connectivity index is 1.73. The number of carbonyl (C=O) groups is 1. The molecule has 2 rings (SSSR count). The van der Waals surface area contributed by atoms with Crippen LogP contribution in [0.2, 0.25) is 0 Å². The SMILES string of the molecule is CCCNC(=O)CN1CCN(Cc2ccncc2F)CC1. The highest BCUT2D eigenvalue weighted by molar-refractivity contribution is 5.77. The lowest BCUT2D eigenvalue weighted by atomic mass is 10.2. The highest BCUT2D eigenvalue weighted by Crippen LogP contribution is 2.10. The van der Waals surface area contributed by atoms with Crippen LogP contribution in [0.15, 0.2) is 18.5 Å². The van der Waals surface area contributed by atoms with Crippen LogP contribution in [-0.2, 0) is 11.3 Å². The lowest BCUT2D eigenvalue weighted by Gasteiger charge is -2.34. The summed E-state index contributed by atoms with van der Waals surface area (Å²) in [6.45, 7) is 7.21. The third-order valence-electron chi connectivity index (χ3n) is 3.65. The molecule has 1 saturated heterocycles. The molecule has 0 radical (unpaired) electrons. The van der Waals surface area contributed by atoms with Gasteiger partial charge in [0.2, 0.25) is 5.91 Å². The minimum Gasteiger partial charge on any atom is -0.355 e. The standard InChI is InChI=1S/C15H23FN4O/c1-2-4-18-15(21)12-20-8-6-19(7-9-20)11-13-3-5-17-10-14(13)16/h3,5,10H,2,4,6-9,11-12H2,1H3,(H,18,21). The number of rotatable bonds is 6. The van der Waals surface area contributed by atoms with Crippen molar-refractivity contribution in [1.82, 2.24) is 20.1 Å². The van der Waals surface area contributed by atoms with Gasteiger partial charge < -0.3 is 5.32 Å². The molecule has 0 atom stereocenters. The van der Waals surface area contributed by atoms with E-state index < -0.39 is 0 Å². The van der Waals surface area contributed by atoms with E-state index in [0.717, 1.165) is 39.1 Å². The van der Waals surface area contributed by atoms with Gasteiger partial charge in [-0.1, -0.05) is 6.92 Å². The van der Waals surface area contributed by atoms with Gasteiger partial charge in [-0.25, -0.2) is 4.39 Å². The van der Waals surface area contributed by atoms with Crippen LogP contribution in [0.1, 0.15) is 18.9 Å².